The van der Waals surface area contributed by atoms with Crippen LogP contribution in [0.15, 0.2) is 12.5 Å². The van der Waals surface area contributed by atoms with Crippen LogP contribution in [0.2, 0.25) is 0 Å². The van der Waals surface area contributed by atoms with Gasteiger partial charge < -0.3 is 5.32 Å². The number of nitrogens with one attached hydrogen (secondary N) is 1. The summed E-state index contributed by atoms with van der Waals surface area (Å²) in [7, 11) is 3.91. The molecule has 0 radical (unpaired) electrons. The number of fused-ring (bicyclic) bond motifs is 1. The largest absolute Gasteiger partial charge is 0.317 e. The first kappa shape index (κ1) is 13.0. The molecule has 2 aromatic heterocycles. The molecule has 1 unspecified atom stereocenters. The van der Waals surface area contributed by atoms with Crippen LogP contribution in [0, 0.1) is 5.92 Å². The standard InChI is InChI=1S/C13H21N5/c1-9(2)5-10(14-3)6-12-11-7-17-18(4)13(11)16-8-15-12/h7-10,14H,5-6H2,1-4H3. The summed E-state index contributed by atoms with van der Waals surface area (Å²) in [5.41, 5.74) is 1.98. The van der Waals surface area contributed by atoms with E-state index in [2.05, 4.69) is 34.2 Å². The van der Waals surface area contributed by atoms with Crippen molar-refractivity contribution in [3.05, 3.63) is 18.2 Å². The third kappa shape index (κ3) is 2.67. The zero-order chi connectivity index (χ0) is 13.1. The van der Waals surface area contributed by atoms with Gasteiger partial charge in [0.1, 0.15) is 6.33 Å². The Morgan fingerprint density at radius 1 is 1.33 bits per heavy atom. The number of hydrogen-bond acceptors (Lipinski definition) is 4. The maximum atomic E-state index is 4.41. The van der Waals surface area contributed by atoms with E-state index < -0.39 is 0 Å². The maximum absolute atomic E-state index is 4.41. The zero-order valence-corrected chi connectivity index (χ0v) is 11.5. The topological polar surface area (TPSA) is 55.6 Å². The van der Waals surface area contributed by atoms with Crippen molar-refractivity contribution in [3.63, 3.8) is 0 Å². The molecule has 0 fully saturated rings. The Hall–Kier alpha value is -1.49. The fraction of sp³-hybridized carbons (Fsp3) is 0.615. The smallest absolute Gasteiger partial charge is 0.161 e. The summed E-state index contributed by atoms with van der Waals surface area (Å²) in [6.07, 6.45) is 5.54. The van der Waals surface area contributed by atoms with Crippen LogP contribution < -0.4 is 5.32 Å². The summed E-state index contributed by atoms with van der Waals surface area (Å²) >= 11 is 0. The number of nitrogens with zero attached hydrogens (tertiary/aromatic N) is 4. The van der Waals surface area contributed by atoms with Gasteiger partial charge in [0.05, 0.1) is 17.3 Å². The van der Waals surface area contributed by atoms with Gasteiger partial charge in [0, 0.05) is 19.5 Å². The van der Waals surface area contributed by atoms with Gasteiger partial charge in [0.25, 0.3) is 0 Å². The Morgan fingerprint density at radius 3 is 2.78 bits per heavy atom. The second kappa shape index (κ2) is 5.44. The lowest BCUT2D eigenvalue weighted by molar-refractivity contribution is 0.439. The quantitative estimate of drug-likeness (QED) is 0.870. The molecule has 0 amide bonds. The van der Waals surface area contributed by atoms with E-state index in [-0.39, 0.29) is 0 Å². The Balaban J connectivity index is 2.25. The van der Waals surface area contributed by atoms with E-state index in [9.17, 15) is 0 Å². The highest BCUT2D eigenvalue weighted by molar-refractivity contribution is 5.76. The molecule has 2 rings (SSSR count). The lowest BCUT2D eigenvalue weighted by atomic mass is 9.99. The Labute approximate surface area is 108 Å². The number of aromatic nitrogens is 4. The summed E-state index contributed by atoms with van der Waals surface area (Å²) < 4.78 is 1.79. The molecule has 5 heteroatoms. The summed E-state index contributed by atoms with van der Waals surface area (Å²) in [4.78, 5) is 8.68. The minimum Gasteiger partial charge on any atom is -0.317 e. The molecule has 0 saturated heterocycles. The van der Waals surface area contributed by atoms with Crippen LogP contribution in [0.1, 0.15) is 26.0 Å². The second-order valence-corrected chi connectivity index (χ2v) is 5.15. The third-order valence-corrected chi connectivity index (χ3v) is 3.22. The highest BCUT2D eigenvalue weighted by Gasteiger charge is 2.14. The van der Waals surface area contributed by atoms with Gasteiger partial charge in [0.2, 0.25) is 0 Å². The van der Waals surface area contributed by atoms with E-state index >= 15 is 0 Å². The fourth-order valence-electron chi connectivity index (χ4n) is 2.28. The van der Waals surface area contributed by atoms with Gasteiger partial charge in [-0.15, -0.1) is 0 Å². The van der Waals surface area contributed by atoms with Crippen LogP contribution in [-0.4, -0.2) is 32.8 Å². The highest BCUT2D eigenvalue weighted by Crippen LogP contribution is 2.16. The molecule has 1 atom stereocenters. The molecule has 0 aliphatic rings. The monoisotopic (exact) mass is 247 g/mol. The molecular weight excluding hydrogens is 226 g/mol. The van der Waals surface area contributed by atoms with Gasteiger partial charge in [0.15, 0.2) is 5.65 Å². The summed E-state index contributed by atoms with van der Waals surface area (Å²) in [6.45, 7) is 4.48. The number of likely N-dealkylation sites (N-methyl/N-ethyl adjacent to an activating group) is 1. The van der Waals surface area contributed by atoms with Gasteiger partial charge in [-0.05, 0) is 19.4 Å². The van der Waals surface area contributed by atoms with Crippen LogP contribution in [0.25, 0.3) is 11.0 Å². The number of aryl methyl sites for hydroxylation is 1. The lowest BCUT2D eigenvalue weighted by Gasteiger charge is -2.18. The van der Waals surface area contributed by atoms with Crippen molar-refractivity contribution < 1.29 is 0 Å². The minimum absolute atomic E-state index is 0.448. The van der Waals surface area contributed by atoms with Gasteiger partial charge in [-0.25, -0.2) is 9.97 Å². The zero-order valence-electron chi connectivity index (χ0n) is 11.5. The molecular formula is C13H21N5. The maximum Gasteiger partial charge on any atom is 0.161 e. The molecule has 98 valence electrons. The molecule has 18 heavy (non-hydrogen) atoms. The van der Waals surface area contributed by atoms with Gasteiger partial charge in [-0.2, -0.15) is 5.10 Å². The van der Waals surface area contributed by atoms with E-state index in [4.69, 9.17) is 0 Å². The van der Waals surface area contributed by atoms with Crippen LogP contribution in [0.4, 0.5) is 0 Å². The molecule has 0 saturated carbocycles. The predicted octanol–water partition coefficient (Wildman–Crippen LogP) is 1.54. The first-order valence-electron chi connectivity index (χ1n) is 6.40. The molecule has 1 N–H and O–H groups in total. The first-order valence-corrected chi connectivity index (χ1v) is 6.40. The molecule has 2 heterocycles. The van der Waals surface area contributed by atoms with Crippen molar-refractivity contribution in [1.29, 1.82) is 0 Å². The average molecular weight is 247 g/mol. The lowest BCUT2D eigenvalue weighted by Crippen LogP contribution is -2.29. The van der Waals surface area contributed by atoms with Crippen molar-refractivity contribution >= 4 is 11.0 Å². The van der Waals surface area contributed by atoms with Crippen molar-refractivity contribution in [2.75, 3.05) is 7.05 Å². The van der Waals surface area contributed by atoms with Crippen molar-refractivity contribution in [2.24, 2.45) is 13.0 Å². The molecule has 5 nitrogen and oxygen atoms in total. The third-order valence-electron chi connectivity index (χ3n) is 3.22. The number of rotatable bonds is 5. The van der Waals surface area contributed by atoms with Crippen LogP contribution in [0.3, 0.4) is 0 Å². The second-order valence-electron chi connectivity index (χ2n) is 5.15. The van der Waals surface area contributed by atoms with Crippen molar-refractivity contribution in [2.45, 2.75) is 32.7 Å². The minimum atomic E-state index is 0.448. The first-order chi connectivity index (χ1) is 8.61. The van der Waals surface area contributed by atoms with E-state index in [1.807, 2.05) is 20.3 Å². The molecule has 0 aliphatic heterocycles. The van der Waals surface area contributed by atoms with Gasteiger partial charge in [-0.3, -0.25) is 4.68 Å². The fourth-order valence-corrected chi connectivity index (χ4v) is 2.28. The van der Waals surface area contributed by atoms with Crippen LogP contribution >= 0.6 is 0 Å². The Morgan fingerprint density at radius 2 is 2.11 bits per heavy atom. The predicted molar refractivity (Wildman–Crippen MR) is 72.3 cm³/mol. The molecule has 0 aliphatic carbocycles. The Kier molecular flexibility index (Phi) is 3.91. The van der Waals surface area contributed by atoms with Crippen LogP contribution in [-0.2, 0) is 13.5 Å². The van der Waals surface area contributed by atoms with E-state index in [0.717, 1.165) is 29.6 Å². The van der Waals surface area contributed by atoms with E-state index in [1.165, 1.54) is 0 Å². The van der Waals surface area contributed by atoms with Crippen LogP contribution in [0.5, 0.6) is 0 Å². The summed E-state index contributed by atoms with van der Waals surface area (Å²) in [5.74, 6) is 0.675. The van der Waals surface area contributed by atoms with E-state index in [0.29, 0.717) is 12.0 Å². The van der Waals surface area contributed by atoms with Crippen molar-refractivity contribution in [3.8, 4) is 0 Å². The Bertz CT molecular complexity index is 517. The summed E-state index contributed by atoms with van der Waals surface area (Å²) in [6, 6.07) is 0.448. The normalized spacial score (nSPS) is 13.4. The van der Waals surface area contributed by atoms with E-state index in [1.54, 1.807) is 11.0 Å². The molecule has 0 aromatic carbocycles. The van der Waals surface area contributed by atoms with Crippen molar-refractivity contribution in [1.82, 2.24) is 25.1 Å². The molecule has 0 spiro atoms. The highest BCUT2D eigenvalue weighted by atomic mass is 15.3. The van der Waals surface area contributed by atoms with Gasteiger partial charge in [-0.1, -0.05) is 13.8 Å². The van der Waals surface area contributed by atoms with Gasteiger partial charge >= 0.3 is 0 Å². The number of hydrogen-bond donors (Lipinski definition) is 1. The molecule has 0 bridgehead atoms. The average Bonchev–Trinajstić information content (AvgIpc) is 2.71. The SMILES string of the molecule is CNC(Cc1ncnc2c1cnn2C)CC(C)C. The summed E-state index contributed by atoms with van der Waals surface area (Å²) in [5, 5.41) is 8.67. The molecule has 2 aromatic rings.